The average Bonchev–Trinajstić information content (AvgIpc) is 2.52. The summed E-state index contributed by atoms with van der Waals surface area (Å²) in [5.41, 5.74) is 11.7. The molecule has 24 heavy (non-hydrogen) atoms. The third-order valence-corrected chi connectivity index (χ3v) is 5.59. The number of amides is 1. The Hall–Kier alpha value is -2.09. The summed E-state index contributed by atoms with van der Waals surface area (Å²) in [6.07, 6.45) is 3.16. The topological polar surface area (TPSA) is 43.1 Å². The van der Waals surface area contributed by atoms with Crippen LogP contribution in [0, 0.1) is 0 Å². The maximum absolute atomic E-state index is 11.7. The first-order valence-corrected chi connectivity index (χ1v) is 8.72. The van der Waals surface area contributed by atoms with Crippen molar-refractivity contribution in [2.45, 2.75) is 57.8 Å². The van der Waals surface area contributed by atoms with Gasteiger partial charge in [0.2, 0.25) is 5.91 Å². The zero-order valence-corrected chi connectivity index (χ0v) is 15.1. The van der Waals surface area contributed by atoms with Crippen molar-refractivity contribution in [1.29, 1.82) is 0 Å². The van der Waals surface area contributed by atoms with E-state index < -0.39 is 0 Å². The molecular weight excluding hydrogens is 294 g/mol. The summed E-state index contributed by atoms with van der Waals surface area (Å²) in [5.74, 6) is -0.356. The molecule has 3 rings (SSSR count). The van der Waals surface area contributed by atoms with Gasteiger partial charge in [0.1, 0.15) is 0 Å². The first kappa shape index (κ1) is 16.8. The number of hydrogen-bond acceptors (Lipinski definition) is 1. The fourth-order valence-corrected chi connectivity index (χ4v) is 3.88. The van der Waals surface area contributed by atoms with E-state index >= 15 is 0 Å². The molecule has 0 saturated carbocycles. The fourth-order valence-electron chi connectivity index (χ4n) is 3.88. The lowest BCUT2D eigenvalue weighted by atomic mass is 9.63. The van der Waals surface area contributed by atoms with Gasteiger partial charge >= 0.3 is 0 Å². The zero-order valence-electron chi connectivity index (χ0n) is 15.1. The van der Waals surface area contributed by atoms with Crippen LogP contribution in [0.3, 0.4) is 0 Å². The Labute approximate surface area is 145 Å². The van der Waals surface area contributed by atoms with Crippen LogP contribution in [0.2, 0.25) is 0 Å². The molecule has 2 aromatic rings. The van der Waals surface area contributed by atoms with Gasteiger partial charge in [0.15, 0.2) is 0 Å². The van der Waals surface area contributed by atoms with E-state index in [0.29, 0.717) is 5.56 Å². The molecule has 2 aromatic carbocycles. The number of primary amides is 1. The van der Waals surface area contributed by atoms with E-state index in [-0.39, 0.29) is 16.7 Å². The van der Waals surface area contributed by atoms with Crippen molar-refractivity contribution in [2.75, 3.05) is 0 Å². The third kappa shape index (κ3) is 2.98. The lowest BCUT2D eigenvalue weighted by Crippen LogP contribution is -2.33. The summed E-state index contributed by atoms with van der Waals surface area (Å²) in [7, 11) is 0. The van der Waals surface area contributed by atoms with Crippen LogP contribution in [-0.4, -0.2) is 5.91 Å². The second kappa shape index (κ2) is 5.77. The number of rotatable bonds is 3. The maximum atomic E-state index is 11.7. The summed E-state index contributed by atoms with van der Waals surface area (Å²) < 4.78 is 0. The molecule has 0 heterocycles. The molecular formula is C22H27NO. The Kier molecular flexibility index (Phi) is 4.03. The first-order valence-electron chi connectivity index (χ1n) is 8.72. The van der Waals surface area contributed by atoms with Crippen LogP contribution in [0.15, 0.2) is 42.5 Å². The van der Waals surface area contributed by atoms with Crippen LogP contribution < -0.4 is 5.73 Å². The first-order chi connectivity index (χ1) is 11.2. The Balaban J connectivity index is 2.02. The van der Waals surface area contributed by atoms with Crippen LogP contribution in [0.1, 0.15) is 73.1 Å². The third-order valence-electron chi connectivity index (χ3n) is 5.59. The predicted molar refractivity (Wildman–Crippen MR) is 99.5 cm³/mol. The molecule has 0 aromatic heterocycles. The van der Waals surface area contributed by atoms with E-state index in [1.54, 1.807) is 0 Å². The van der Waals surface area contributed by atoms with Gasteiger partial charge in [-0.15, -0.1) is 0 Å². The summed E-state index contributed by atoms with van der Waals surface area (Å²) in [5, 5.41) is 0. The highest BCUT2D eigenvalue weighted by Gasteiger charge is 2.36. The molecule has 2 N–H and O–H groups in total. The van der Waals surface area contributed by atoms with E-state index in [0.717, 1.165) is 12.0 Å². The van der Waals surface area contributed by atoms with Crippen molar-refractivity contribution in [3.05, 3.63) is 70.3 Å². The Morgan fingerprint density at radius 2 is 1.58 bits per heavy atom. The molecule has 0 spiro atoms. The van der Waals surface area contributed by atoms with Crippen LogP contribution in [0.4, 0.5) is 0 Å². The highest BCUT2D eigenvalue weighted by atomic mass is 16.1. The molecule has 2 nitrogen and oxygen atoms in total. The fraction of sp³-hybridized carbons (Fsp3) is 0.409. The molecule has 1 aliphatic carbocycles. The van der Waals surface area contributed by atoms with Gasteiger partial charge in [0, 0.05) is 5.56 Å². The molecule has 1 aliphatic rings. The van der Waals surface area contributed by atoms with Gasteiger partial charge in [-0.2, -0.15) is 0 Å². The van der Waals surface area contributed by atoms with Gasteiger partial charge in [0.25, 0.3) is 0 Å². The van der Waals surface area contributed by atoms with Crippen LogP contribution >= 0.6 is 0 Å². The quantitative estimate of drug-likeness (QED) is 0.873. The van der Waals surface area contributed by atoms with E-state index in [4.69, 9.17) is 5.73 Å². The molecule has 2 heteroatoms. The molecule has 0 bridgehead atoms. The van der Waals surface area contributed by atoms with Crippen LogP contribution in [0.5, 0.6) is 0 Å². The van der Waals surface area contributed by atoms with Crippen LogP contribution in [-0.2, 0) is 17.3 Å². The number of hydrogen-bond donors (Lipinski definition) is 1. The van der Waals surface area contributed by atoms with Crippen LogP contribution in [0.25, 0.3) is 0 Å². The summed E-state index contributed by atoms with van der Waals surface area (Å²) in [6, 6.07) is 14.5. The molecule has 1 amide bonds. The monoisotopic (exact) mass is 321 g/mol. The number of carbonyl (C=O) groups is 1. The average molecular weight is 321 g/mol. The molecule has 0 saturated heterocycles. The zero-order chi connectivity index (χ0) is 17.5. The van der Waals surface area contributed by atoms with E-state index in [1.807, 2.05) is 24.3 Å². The smallest absolute Gasteiger partial charge is 0.248 e. The lowest BCUT2D eigenvalue weighted by molar-refractivity contribution is 0.0999. The highest BCUT2D eigenvalue weighted by Crippen LogP contribution is 2.46. The Morgan fingerprint density at radius 3 is 2.25 bits per heavy atom. The minimum absolute atomic E-state index is 0.198. The largest absolute Gasteiger partial charge is 0.366 e. The van der Waals surface area contributed by atoms with Crippen molar-refractivity contribution < 1.29 is 4.79 Å². The summed E-state index contributed by atoms with van der Waals surface area (Å²) in [6.45, 7) is 9.34. The molecule has 0 fully saturated rings. The number of benzene rings is 2. The molecule has 0 aliphatic heterocycles. The second-order valence-electron chi connectivity index (χ2n) is 8.35. The van der Waals surface area contributed by atoms with Crippen molar-refractivity contribution >= 4 is 5.91 Å². The lowest BCUT2D eigenvalue weighted by Gasteiger charge is -2.42. The number of fused-ring (bicyclic) bond motifs is 1. The van der Waals surface area contributed by atoms with Gasteiger partial charge in [-0.05, 0) is 58.4 Å². The van der Waals surface area contributed by atoms with Crippen molar-refractivity contribution in [3.8, 4) is 0 Å². The molecule has 0 atom stereocenters. The van der Waals surface area contributed by atoms with Gasteiger partial charge in [-0.3, -0.25) is 4.79 Å². The van der Waals surface area contributed by atoms with Crippen molar-refractivity contribution in [3.63, 3.8) is 0 Å². The standard InChI is InChI=1S/C22H27NO/c1-21(2)11-12-22(3,4)19-14-15(9-10-18(19)21)13-16-7-5-6-8-17(16)20(23)24/h5-10,14H,11-13H2,1-4H3,(H2,23,24). The van der Waals surface area contributed by atoms with E-state index in [9.17, 15) is 4.79 Å². The molecule has 0 radical (unpaired) electrons. The van der Waals surface area contributed by atoms with Crippen molar-refractivity contribution in [1.82, 2.24) is 0 Å². The van der Waals surface area contributed by atoms with E-state index in [1.165, 1.54) is 29.5 Å². The van der Waals surface area contributed by atoms with Crippen molar-refractivity contribution in [2.24, 2.45) is 5.73 Å². The predicted octanol–water partition coefficient (Wildman–Crippen LogP) is 4.73. The second-order valence-corrected chi connectivity index (χ2v) is 8.35. The normalized spacial score (nSPS) is 18.0. The molecule has 126 valence electrons. The minimum Gasteiger partial charge on any atom is -0.366 e. The summed E-state index contributed by atoms with van der Waals surface area (Å²) >= 11 is 0. The van der Waals surface area contributed by atoms with E-state index in [2.05, 4.69) is 45.9 Å². The van der Waals surface area contributed by atoms with Gasteiger partial charge in [-0.25, -0.2) is 0 Å². The number of carbonyl (C=O) groups excluding carboxylic acids is 1. The Morgan fingerprint density at radius 1 is 0.958 bits per heavy atom. The summed E-state index contributed by atoms with van der Waals surface area (Å²) in [4.78, 5) is 11.7. The minimum atomic E-state index is -0.356. The van der Waals surface area contributed by atoms with Gasteiger partial charge in [-0.1, -0.05) is 64.1 Å². The van der Waals surface area contributed by atoms with Gasteiger partial charge in [0.05, 0.1) is 0 Å². The van der Waals surface area contributed by atoms with Gasteiger partial charge < -0.3 is 5.73 Å². The SMILES string of the molecule is CC1(C)CCC(C)(C)c2cc(Cc3ccccc3C(N)=O)ccc21. The maximum Gasteiger partial charge on any atom is 0.248 e. The Bertz CT molecular complexity index is 786. The molecule has 0 unspecified atom stereocenters. The highest BCUT2D eigenvalue weighted by molar-refractivity contribution is 5.94. The number of nitrogens with two attached hydrogens (primary N) is 1.